The van der Waals surface area contributed by atoms with Crippen LogP contribution in [0.5, 0.6) is 0 Å². The molecule has 0 atom stereocenters. The van der Waals surface area contributed by atoms with E-state index in [2.05, 4.69) is 5.32 Å². The summed E-state index contributed by atoms with van der Waals surface area (Å²) in [5.74, 6) is -0.822. The second kappa shape index (κ2) is 7.91. The summed E-state index contributed by atoms with van der Waals surface area (Å²) in [7, 11) is -3.73. The van der Waals surface area contributed by atoms with E-state index >= 15 is 0 Å². The van der Waals surface area contributed by atoms with E-state index < -0.39 is 21.5 Å². The van der Waals surface area contributed by atoms with Crippen molar-refractivity contribution in [3.63, 3.8) is 0 Å². The maximum atomic E-state index is 13.3. The minimum Gasteiger partial charge on any atom is -0.438 e. The summed E-state index contributed by atoms with van der Waals surface area (Å²) in [5.41, 5.74) is 0.251. The predicted molar refractivity (Wildman–Crippen MR) is 105 cm³/mol. The van der Waals surface area contributed by atoms with Crippen molar-refractivity contribution in [1.82, 2.24) is 9.62 Å². The van der Waals surface area contributed by atoms with Crippen molar-refractivity contribution in [2.45, 2.75) is 55.6 Å². The van der Waals surface area contributed by atoms with Crippen molar-refractivity contribution in [2.24, 2.45) is 0 Å². The van der Waals surface area contributed by atoms with Crippen LogP contribution in [0.2, 0.25) is 0 Å². The number of benzene rings is 1. The molecule has 2 heterocycles. The van der Waals surface area contributed by atoms with Gasteiger partial charge in [-0.3, -0.25) is 4.79 Å². The van der Waals surface area contributed by atoms with Crippen LogP contribution in [0.1, 0.15) is 61.1 Å². The summed E-state index contributed by atoms with van der Waals surface area (Å²) in [4.78, 5) is 12.9. The third-order valence-corrected chi connectivity index (χ3v) is 7.69. The molecule has 1 aromatic carbocycles. The average molecular weight is 421 g/mol. The third kappa shape index (κ3) is 3.96. The zero-order valence-corrected chi connectivity index (χ0v) is 17.0. The molecule has 1 saturated carbocycles. The smallest absolute Gasteiger partial charge is 0.287 e. The molecule has 0 radical (unpaired) electrons. The molecule has 1 aromatic heterocycles. The van der Waals surface area contributed by atoms with E-state index in [1.807, 2.05) is 0 Å². The number of halogens is 1. The van der Waals surface area contributed by atoms with Crippen molar-refractivity contribution in [1.29, 1.82) is 0 Å². The summed E-state index contributed by atoms with van der Waals surface area (Å²) >= 11 is 0. The largest absolute Gasteiger partial charge is 0.438 e. The summed E-state index contributed by atoms with van der Waals surface area (Å²) < 4.78 is 45.7. The number of carbonyl (C=O) groups is 1. The van der Waals surface area contributed by atoms with E-state index in [1.165, 1.54) is 28.6 Å². The van der Waals surface area contributed by atoms with Crippen LogP contribution in [0.15, 0.2) is 45.9 Å². The molecule has 156 valence electrons. The Bertz CT molecular complexity index is 972. The second-order valence-electron chi connectivity index (χ2n) is 7.83. The van der Waals surface area contributed by atoms with Gasteiger partial charge in [-0.2, -0.15) is 4.31 Å². The highest BCUT2D eigenvalue weighted by atomic mass is 32.2. The zero-order valence-electron chi connectivity index (χ0n) is 16.2. The summed E-state index contributed by atoms with van der Waals surface area (Å²) in [6, 6.07) is 8.90. The van der Waals surface area contributed by atoms with Crippen molar-refractivity contribution in [3.8, 4) is 0 Å². The molecular formula is C21H25FN2O4S. The molecule has 1 aliphatic carbocycles. The maximum absolute atomic E-state index is 13.3. The number of carbonyl (C=O) groups excluding carboxylic acids is 1. The summed E-state index contributed by atoms with van der Waals surface area (Å²) in [6.45, 7) is 0.941. The van der Waals surface area contributed by atoms with Crippen molar-refractivity contribution >= 4 is 15.9 Å². The molecule has 29 heavy (non-hydrogen) atoms. The fourth-order valence-electron chi connectivity index (χ4n) is 4.33. The van der Waals surface area contributed by atoms with E-state index in [4.69, 9.17) is 4.42 Å². The minimum atomic E-state index is -3.73. The Morgan fingerprint density at radius 3 is 2.28 bits per heavy atom. The van der Waals surface area contributed by atoms with Gasteiger partial charge in [0.2, 0.25) is 5.09 Å². The lowest BCUT2D eigenvalue weighted by atomic mass is 9.88. The normalized spacial score (nSPS) is 19.9. The Morgan fingerprint density at radius 2 is 1.62 bits per heavy atom. The van der Waals surface area contributed by atoms with Crippen LogP contribution in [0.4, 0.5) is 4.39 Å². The Morgan fingerprint density at radius 1 is 0.966 bits per heavy atom. The quantitative estimate of drug-likeness (QED) is 0.798. The molecule has 0 bridgehead atoms. The van der Waals surface area contributed by atoms with Gasteiger partial charge in [0.15, 0.2) is 5.76 Å². The summed E-state index contributed by atoms with van der Waals surface area (Å²) in [5, 5.41) is 2.82. The monoisotopic (exact) mass is 420 g/mol. The molecule has 0 unspecified atom stereocenters. The molecule has 2 aliphatic rings. The Labute approximate surface area is 170 Å². The van der Waals surface area contributed by atoms with Crippen molar-refractivity contribution in [2.75, 3.05) is 13.1 Å². The molecule has 8 heteroatoms. The Kier molecular flexibility index (Phi) is 5.48. The van der Waals surface area contributed by atoms with E-state index in [9.17, 15) is 17.6 Å². The minimum absolute atomic E-state index is 0.0334. The van der Waals surface area contributed by atoms with Gasteiger partial charge in [0.1, 0.15) is 5.82 Å². The van der Waals surface area contributed by atoms with Gasteiger partial charge in [-0.05, 0) is 55.5 Å². The first kappa shape index (κ1) is 20.1. The van der Waals surface area contributed by atoms with Crippen LogP contribution in [-0.2, 0) is 15.6 Å². The third-order valence-electron chi connectivity index (χ3n) is 5.92. The topological polar surface area (TPSA) is 79.6 Å². The molecule has 4 rings (SSSR count). The van der Waals surface area contributed by atoms with Gasteiger partial charge in [-0.1, -0.05) is 31.4 Å². The SMILES string of the molecule is O=C(NC1(c2ccc(F)cc2)CCCC1)c1ccc(S(=O)(=O)N2CCCCC2)o1. The standard InChI is InChI=1S/C21H25FN2O4S/c22-17-8-6-16(7-9-17)21(12-2-3-13-21)23-20(25)18-10-11-19(28-18)29(26,27)24-14-4-1-5-15-24/h6-11H,1-5,12-15H2,(H,23,25). The van der Waals surface area contributed by atoms with Gasteiger partial charge in [0.25, 0.3) is 15.9 Å². The fraction of sp³-hybridized carbons (Fsp3) is 0.476. The van der Waals surface area contributed by atoms with Crippen molar-refractivity contribution < 1.29 is 22.0 Å². The van der Waals surface area contributed by atoms with Crippen LogP contribution in [-0.4, -0.2) is 31.7 Å². The van der Waals surface area contributed by atoms with E-state index in [0.29, 0.717) is 13.1 Å². The lowest BCUT2D eigenvalue weighted by Gasteiger charge is -2.30. The van der Waals surface area contributed by atoms with Gasteiger partial charge in [-0.15, -0.1) is 0 Å². The van der Waals surface area contributed by atoms with Crippen LogP contribution < -0.4 is 5.32 Å². The van der Waals surface area contributed by atoms with Crippen LogP contribution in [0, 0.1) is 5.82 Å². The average Bonchev–Trinajstić information content (AvgIpc) is 3.40. The first-order valence-corrected chi connectivity index (χ1v) is 11.5. The van der Waals surface area contributed by atoms with Gasteiger partial charge in [-0.25, -0.2) is 12.8 Å². The van der Waals surface area contributed by atoms with Gasteiger partial charge in [0.05, 0.1) is 5.54 Å². The lowest BCUT2D eigenvalue weighted by Crippen LogP contribution is -2.43. The van der Waals surface area contributed by atoms with Crippen LogP contribution in [0.25, 0.3) is 0 Å². The van der Waals surface area contributed by atoms with Gasteiger partial charge in [0, 0.05) is 13.1 Å². The zero-order chi connectivity index (χ0) is 20.5. The van der Waals surface area contributed by atoms with E-state index in [-0.39, 0.29) is 16.7 Å². The molecule has 1 amide bonds. The highest BCUT2D eigenvalue weighted by molar-refractivity contribution is 7.89. The van der Waals surface area contributed by atoms with Crippen LogP contribution in [0.3, 0.4) is 0 Å². The first-order chi connectivity index (χ1) is 13.9. The number of piperidine rings is 1. The Balaban J connectivity index is 1.54. The lowest BCUT2D eigenvalue weighted by molar-refractivity contribution is 0.0863. The second-order valence-corrected chi connectivity index (χ2v) is 9.70. The number of nitrogens with zero attached hydrogens (tertiary/aromatic N) is 1. The number of hydrogen-bond acceptors (Lipinski definition) is 4. The molecule has 1 saturated heterocycles. The molecule has 1 N–H and O–H groups in total. The first-order valence-electron chi connectivity index (χ1n) is 10.1. The number of nitrogens with one attached hydrogen (secondary N) is 1. The highest BCUT2D eigenvalue weighted by Gasteiger charge is 2.38. The number of furan rings is 1. The van der Waals surface area contributed by atoms with E-state index in [0.717, 1.165) is 50.5 Å². The predicted octanol–water partition coefficient (Wildman–Crippen LogP) is 3.79. The van der Waals surface area contributed by atoms with E-state index in [1.54, 1.807) is 12.1 Å². The van der Waals surface area contributed by atoms with Gasteiger partial charge < -0.3 is 9.73 Å². The molecular weight excluding hydrogens is 395 g/mol. The number of sulfonamides is 1. The van der Waals surface area contributed by atoms with Crippen molar-refractivity contribution in [3.05, 3.63) is 53.5 Å². The maximum Gasteiger partial charge on any atom is 0.287 e. The number of hydrogen-bond donors (Lipinski definition) is 1. The number of amides is 1. The molecule has 0 spiro atoms. The van der Waals surface area contributed by atoms with Gasteiger partial charge >= 0.3 is 0 Å². The molecule has 6 nitrogen and oxygen atoms in total. The molecule has 2 aromatic rings. The fourth-order valence-corrected chi connectivity index (χ4v) is 5.75. The molecule has 2 fully saturated rings. The number of rotatable bonds is 5. The van der Waals surface area contributed by atoms with Crippen LogP contribution >= 0.6 is 0 Å². The summed E-state index contributed by atoms with van der Waals surface area (Å²) in [6.07, 6.45) is 6.05. The molecule has 1 aliphatic heterocycles. The highest BCUT2D eigenvalue weighted by Crippen LogP contribution is 2.39. The Hall–Kier alpha value is -2.19.